The van der Waals surface area contributed by atoms with Crippen molar-refractivity contribution in [3.63, 3.8) is 0 Å². The summed E-state index contributed by atoms with van der Waals surface area (Å²) >= 11 is 0. The van der Waals surface area contributed by atoms with E-state index < -0.39 is 6.10 Å². The first-order valence-electron chi connectivity index (χ1n) is 10.6. The fourth-order valence-electron chi connectivity index (χ4n) is 4.66. The lowest BCUT2D eigenvalue weighted by molar-refractivity contribution is -0.160. The minimum atomic E-state index is -0.569. The molecule has 0 saturated heterocycles. The quantitative estimate of drug-likeness (QED) is 0.684. The number of hydrogen-bond acceptors (Lipinski definition) is 3. The first-order valence-corrected chi connectivity index (χ1v) is 10.6. The van der Waals surface area contributed by atoms with Gasteiger partial charge in [0.25, 0.3) is 0 Å². The predicted octanol–water partition coefficient (Wildman–Crippen LogP) is 5.49. The van der Waals surface area contributed by atoms with Crippen LogP contribution in [0.1, 0.15) is 87.9 Å². The van der Waals surface area contributed by atoms with Gasteiger partial charge in [-0.15, -0.1) is 0 Å². The second kappa shape index (κ2) is 9.55. The largest absolute Gasteiger partial charge is 0.462 e. The maximum absolute atomic E-state index is 12.7. The Labute approximate surface area is 158 Å². The molecule has 0 spiro atoms. The Kier molecular flexibility index (Phi) is 7.13. The minimum absolute atomic E-state index is 0.0169. The minimum Gasteiger partial charge on any atom is -0.462 e. The molecule has 0 heterocycles. The summed E-state index contributed by atoms with van der Waals surface area (Å²) in [7, 11) is 0. The molecule has 2 atom stereocenters. The van der Waals surface area contributed by atoms with E-state index >= 15 is 0 Å². The molecule has 1 N–H and O–H groups in total. The summed E-state index contributed by atoms with van der Waals surface area (Å²) in [5, 5.41) is 10.8. The van der Waals surface area contributed by atoms with Crippen LogP contribution in [0.25, 0.3) is 0 Å². The predicted molar refractivity (Wildman–Crippen MR) is 104 cm³/mol. The fraction of sp³-hybridized carbons (Fsp3) is 0.696. The van der Waals surface area contributed by atoms with Crippen LogP contribution in [0.5, 0.6) is 0 Å². The van der Waals surface area contributed by atoms with E-state index in [4.69, 9.17) is 4.74 Å². The number of carbonyl (C=O) groups excluding carboxylic acids is 1. The van der Waals surface area contributed by atoms with Crippen LogP contribution in [0.2, 0.25) is 0 Å². The molecule has 0 aliphatic heterocycles. The van der Waals surface area contributed by atoms with Crippen molar-refractivity contribution in [2.24, 2.45) is 11.8 Å². The summed E-state index contributed by atoms with van der Waals surface area (Å²) in [6, 6.07) is 8.03. The van der Waals surface area contributed by atoms with Crippen molar-refractivity contribution >= 4 is 5.97 Å². The molecular weight excluding hydrogens is 324 g/mol. The van der Waals surface area contributed by atoms with Crippen LogP contribution in [-0.2, 0) is 9.53 Å². The van der Waals surface area contributed by atoms with Crippen molar-refractivity contribution in [1.29, 1.82) is 0 Å². The van der Waals surface area contributed by atoms with Gasteiger partial charge < -0.3 is 9.84 Å². The van der Waals surface area contributed by atoms with Crippen LogP contribution >= 0.6 is 0 Å². The molecule has 2 saturated carbocycles. The van der Waals surface area contributed by atoms with E-state index in [0.717, 1.165) is 49.7 Å². The van der Waals surface area contributed by atoms with Gasteiger partial charge in [0.2, 0.25) is 0 Å². The molecule has 0 amide bonds. The Balaban J connectivity index is 1.67. The monoisotopic (exact) mass is 358 g/mol. The third-order valence-corrected chi connectivity index (χ3v) is 6.26. The molecule has 0 unspecified atom stereocenters. The number of aryl methyl sites for hydroxylation is 1. The lowest BCUT2D eigenvalue weighted by Crippen LogP contribution is -2.33. The summed E-state index contributed by atoms with van der Waals surface area (Å²) in [6.07, 6.45) is 11.2. The molecule has 144 valence electrons. The number of ether oxygens (including phenoxy) is 1. The molecule has 2 aliphatic rings. The molecule has 3 nitrogen and oxygen atoms in total. The maximum atomic E-state index is 12.7. The average molecular weight is 359 g/mol. The highest BCUT2D eigenvalue weighted by Crippen LogP contribution is 2.34. The van der Waals surface area contributed by atoms with Gasteiger partial charge in [-0.1, -0.05) is 68.4 Å². The van der Waals surface area contributed by atoms with Crippen LogP contribution in [0.15, 0.2) is 24.3 Å². The molecule has 1 aromatic rings. The van der Waals surface area contributed by atoms with Crippen LogP contribution in [-0.4, -0.2) is 17.2 Å². The lowest BCUT2D eigenvalue weighted by Gasteiger charge is -2.33. The van der Waals surface area contributed by atoms with Gasteiger partial charge in [-0.2, -0.15) is 0 Å². The summed E-state index contributed by atoms with van der Waals surface area (Å²) in [6.45, 7) is 2.04. The maximum Gasteiger partial charge on any atom is 0.309 e. The number of hydrogen-bond donors (Lipinski definition) is 1. The number of carbonyl (C=O) groups is 1. The summed E-state index contributed by atoms with van der Waals surface area (Å²) in [5.41, 5.74) is 2.08. The zero-order chi connectivity index (χ0) is 18.4. The van der Waals surface area contributed by atoms with Gasteiger partial charge in [-0.05, 0) is 44.1 Å². The van der Waals surface area contributed by atoms with Crippen LogP contribution in [0.4, 0.5) is 0 Å². The van der Waals surface area contributed by atoms with Crippen LogP contribution < -0.4 is 0 Å². The van der Waals surface area contributed by atoms with Gasteiger partial charge in [0.1, 0.15) is 6.10 Å². The summed E-state index contributed by atoms with van der Waals surface area (Å²) in [4.78, 5) is 12.7. The van der Waals surface area contributed by atoms with Gasteiger partial charge in [0, 0.05) is 6.42 Å². The van der Waals surface area contributed by atoms with Crippen LogP contribution in [0.3, 0.4) is 0 Å². The van der Waals surface area contributed by atoms with Crippen molar-refractivity contribution in [2.75, 3.05) is 0 Å². The number of rotatable bonds is 6. The molecule has 2 fully saturated rings. The SMILES string of the molecule is Cc1cccc([C@@H](O)C[C@H](OC(=O)C2CCCCC2)C2CCCCC2)c1. The molecular formula is C23H34O3. The standard InChI is InChI=1S/C23H34O3/c1-17-9-8-14-20(15-17)21(24)16-22(18-10-4-2-5-11-18)26-23(25)19-12-6-3-7-13-19/h8-9,14-15,18-19,21-22,24H,2-7,10-13,16H2,1H3/t21-,22-/m0/s1. The molecule has 0 radical (unpaired) electrons. The van der Waals surface area contributed by atoms with E-state index in [-0.39, 0.29) is 18.0 Å². The van der Waals surface area contributed by atoms with E-state index in [2.05, 4.69) is 0 Å². The first-order chi connectivity index (χ1) is 12.6. The first kappa shape index (κ1) is 19.4. The highest BCUT2D eigenvalue weighted by atomic mass is 16.5. The van der Waals surface area contributed by atoms with E-state index in [1.54, 1.807) is 0 Å². The van der Waals surface area contributed by atoms with Gasteiger partial charge in [-0.25, -0.2) is 0 Å². The summed E-state index contributed by atoms with van der Waals surface area (Å²) < 4.78 is 6.05. The third-order valence-electron chi connectivity index (χ3n) is 6.26. The van der Waals surface area contributed by atoms with E-state index in [9.17, 15) is 9.90 Å². The topological polar surface area (TPSA) is 46.5 Å². The van der Waals surface area contributed by atoms with Crippen molar-refractivity contribution in [2.45, 2.75) is 89.8 Å². The normalized spacial score (nSPS) is 21.9. The van der Waals surface area contributed by atoms with Crippen molar-refractivity contribution in [1.82, 2.24) is 0 Å². The highest BCUT2D eigenvalue weighted by molar-refractivity contribution is 5.72. The number of benzene rings is 1. The Morgan fingerprint density at radius 3 is 2.38 bits per heavy atom. The van der Waals surface area contributed by atoms with E-state index in [1.807, 2.05) is 31.2 Å². The van der Waals surface area contributed by atoms with Gasteiger partial charge in [-0.3, -0.25) is 4.79 Å². The van der Waals surface area contributed by atoms with Gasteiger partial charge in [0.05, 0.1) is 12.0 Å². The van der Waals surface area contributed by atoms with Crippen molar-refractivity contribution in [3.8, 4) is 0 Å². The fourth-order valence-corrected chi connectivity index (χ4v) is 4.66. The molecule has 26 heavy (non-hydrogen) atoms. The smallest absolute Gasteiger partial charge is 0.309 e. The second-order valence-electron chi connectivity index (χ2n) is 8.37. The molecule has 0 aromatic heterocycles. The van der Waals surface area contributed by atoms with E-state index in [0.29, 0.717) is 12.3 Å². The molecule has 0 bridgehead atoms. The Morgan fingerprint density at radius 1 is 1.08 bits per heavy atom. The molecule has 2 aliphatic carbocycles. The van der Waals surface area contributed by atoms with Crippen LogP contribution in [0, 0.1) is 18.8 Å². The average Bonchev–Trinajstić information content (AvgIpc) is 2.68. The lowest BCUT2D eigenvalue weighted by atomic mass is 9.82. The van der Waals surface area contributed by atoms with E-state index in [1.165, 1.54) is 25.7 Å². The van der Waals surface area contributed by atoms with Crippen molar-refractivity contribution in [3.05, 3.63) is 35.4 Å². The third kappa shape index (κ3) is 5.33. The highest BCUT2D eigenvalue weighted by Gasteiger charge is 2.32. The zero-order valence-electron chi connectivity index (χ0n) is 16.2. The number of aliphatic hydroxyl groups is 1. The number of aliphatic hydroxyl groups excluding tert-OH is 1. The molecule has 3 rings (SSSR count). The molecule has 1 aromatic carbocycles. The van der Waals surface area contributed by atoms with Crippen molar-refractivity contribution < 1.29 is 14.6 Å². The Hall–Kier alpha value is -1.35. The Bertz CT molecular complexity index is 571. The Morgan fingerprint density at radius 2 is 1.73 bits per heavy atom. The van der Waals surface area contributed by atoms with Gasteiger partial charge >= 0.3 is 5.97 Å². The zero-order valence-corrected chi connectivity index (χ0v) is 16.2. The number of esters is 1. The second-order valence-corrected chi connectivity index (χ2v) is 8.37. The van der Waals surface area contributed by atoms with Gasteiger partial charge in [0.15, 0.2) is 0 Å². The summed E-state index contributed by atoms with van der Waals surface area (Å²) in [5.74, 6) is 0.457. The molecule has 3 heteroatoms.